The molecule has 0 amide bonds. The van der Waals surface area contributed by atoms with E-state index in [0.717, 1.165) is 4.88 Å². The Labute approximate surface area is 85.6 Å². The number of nitriles is 1. The van der Waals surface area contributed by atoms with E-state index in [4.69, 9.17) is 16.1 Å². The average Bonchev–Trinajstić information content (AvgIpc) is 2.53. The molecule has 0 spiro atoms. The molecule has 1 heterocycles. The first-order chi connectivity index (χ1) is 6.48. The van der Waals surface area contributed by atoms with Crippen molar-refractivity contribution < 1.29 is 9.90 Å². The number of carboxylic acids is 1. The number of nitrogens with two attached hydrogens (primary N) is 1. The first kappa shape index (κ1) is 10.7. The van der Waals surface area contributed by atoms with Gasteiger partial charge >= 0.3 is 5.97 Å². The van der Waals surface area contributed by atoms with Gasteiger partial charge in [0, 0.05) is 4.88 Å². The Kier molecular flexibility index (Phi) is 2.89. The SMILES string of the molecule is C[C@@](N)(C(=O)O)c1csc(CC#N)c1. The van der Waals surface area contributed by atoms with Gasteiger partial charge in [0.1, 0.15) is 5.54 Å². The van der Waals surface area contributed by atoms with Crippen LogP contribution in [0.15, 0.2) is 11.4 Å². The minimum absolute atomic E-state index is 0.292. The Morgan fingerprint density at radius 1 is 1.86 bits per heavy atom. The zero-order chi connectivity index (χ0) is 10.8. The van der Waals surface area contributed by atoms with Crippen molar-refractivity contribution in [1.82, 2.24) is 0 Å². The molecule has 0 bridgehead atoms. The number of hydrogen-bond acceptors (Lipinski definition) is 4. The van der Waals surface area contributed by atoms with Gasteiger partial charge in [-0.3, -0.25) is 0 Å². The van der Waals surface area contributed by atoms with Crippen molar-refractivity contribution in [1.29, 1.82) is 5.26 Å². The molecule has 14 heavy (non-hydrogen) atoms. The monoisotopic (exact) mass is 210 g/mol. The van der Waals surface area contributed by atoms with Gasteiger partial charge in [-0.15, -0.1) is 11.3 Å². The number of hydrogen-bond donors (Lipinski definition) is 2. The van der Waals surface area contributed by atoms with Gasteiger partial charge in [0.05, 0.1) is 12.5 Å². The summed E-state index contributed by atoms with van der Waals surface area (Å²) in [6.07, 6.45) is 0.292. The molecule has 5 heteroatoms. The molecule has 4 nitrogen and oxygen atoms in total. The van der Waals surface area contributed by atoms with Gasteiger partial charge in [-0.05, 0) is 23.9 Å². The average molecular weight is 210 g/mol. The van der Waals surface area contributed by atoms with Crippen LogP contribution in [0.3, 0.4) is 0 Å². The summed E-state index contributed by atoms with van der Waals surface area (Å²) in [7, 11) is 0. The van der Waals surface area contributed by atoms with E-state index in [1.807, 2.05) is 6.07 Å². The zero-order valence-corrected chi connectivity index (χ0v) is 8.47. The van der Waals surface area contributed by atoms with Crippen molar-refractivity contribution in [3.8, 4) is 6.07 Å². The van der Waals surface area contributed by atoms with E-state index in [1.165, 1.54) is 18.3 Å². The van der Waals surface area contributed by atoms with E-state index in [2.05, 4.69) is 0 Å². The standard InChI is InChI=1S/C9H10N2O2S/c1-9(11,8(12)13)6-4-7(2-3-10)14-5-6/h4-5H,2,11H2,1H3,(H,12,13)/t9-/m0/s1. The molecule has 0 aromatic carbocycles. The predicted molar refractivity (Wildman–Crippen MR) is 52.8 cm³/mol. The lowest BCUT2D eigenvalue weighted by Gasteiger charge is -2.17. The number of carboxylic acid groups (broad SMARTS) is 1. The normalized spacial score (nSPS) is 14.4. The molecule has 1 atom stereocenters. The van der Waals surface area contributed by atoms with Crippen LogP contribution in [-0.4, -0.2) is 11.1 Å². The Bertz CT molecular complexity index is 390. The molecule has 0 unspecified atom stereocenters. The predicted octanol–water partition coefficient (Wildman–Crippen LogP) is 1.07. The Morgan fingerprint density at radius 2 is 2.50 bits per heavy atom. The molecule has 0 aliphatic carbocycles. The highest BCUT2D eigenvalue weighted by Crippen LogP contribution is 2.24. The van der Waals surface area contributed by atoms with Crippen LogP contribution in [-0.2, 0) is 16.8 Å². The van der Waals surface area contributed by atoms with E-state index >= 15 is 0 Å². The van der Waals surface area contributed by atoms with E-state index in [9.17, 15) is 4.79 Å². The summed E-state index contributed by atoms with van der Waals surface area (Å²) in [4.78, 5) is 11.6. The maximum absolute atomic E-state index is 10.8. The fourth-order valence-electron chi connectivity index (χ4n) is 0.947. The molecule has 0 saturated carbocycles. The van der Waals surface area contributed by atoms with E-state index < -0.39 is 11.5 Å². The first-order valence-corrected chi connectivity index (χ1v) is 4.83. The summed E-state index contributed by atoms with van der Waals surface area (Å²) in [6.45, 7) is 1.44. The molecule has 3 N–H and O–H groups in total. The van der Waals surface area contributed by atoms with Crippen molar-refractivity contribution >= 4 is 17.3 Å². The largest absolute Gasteiger partial charge is 0.480 e. The topological polar surface area (TPSA) is 87.1 Å². The smallest absolute Gasteiger partial charge is 0.328 e. The third kappa shape index (κ3) is 1.92. The molecule has 0 saturated heterocycles. The van der Waals surface area contributed by atoms with Gasteiger partial charge in [-0.2, -0.15) is 5.26 Å². The van der Waals surface area contributed by atoms with Crippen molar-refractivity contribution in [2.75, 3.05) is 0 Å². The molecular formula is C9H10N2O2S. The molecular weight excluding hydrogens is 200 g/mol. The van der Waals surface area contributed by atoms with Crippen LogP contribution in [0.25, 0.3) is 0 Å². The number of thiophene rings is 1. The van der Waals surface area contributed by atoms with Crippen LogP contribution >= 0.6 is 11.3 Å². The molecule has 74 valence electrons. The number of rotatable bonds is 3. The molecule has 0 aliphatic heterocycles. The highest BCUT2D eigenvalue weighted by molar-refractivity contribution is 7.10. The van der Waals surface area contributed by atoms with Crippen molar-refractivity contribution in [3.05, 3.63) is 21.9 Å². The summed E-state index contributed by atoms with van der Waals surface area (Å²) >= 11 is 1.35. The van der Waals surface area contributed by atoms with Crippen LogP contribution in [0, 0.1) is 11.3 Å². The number of nitrogens with zero attached hydrogens (tertiary/aromatic N) is 1. The quantitative estimate of drug-likeness (QED) is 0.781. The van der Waals surface area contributed by atoms with E-state index in [1.54, 1.807) is 11.4 Å². The summed E-state index contributed by atoms with van der Waals surface area (Å²) in [5.41, 5.74) is 4.79. The third-order valence-corrected chi connectivity index (χ3v) is 2.89. The summed E-state index contributed by atoms with van der Waals surface area (Å²) in [5, 5.41) is 19.0. The molecule has 1 aromatic heterocycles. The van der Waals surface area contributed by atoms with Crippen molar-refractivity contribution in [2.45, 2.75) is 18.9 Å². The maximum Gasteiger partial charge on any atom is 0.328 e. The fraction of sp³-hybridized carbons (Fsp3) is 0.333. The summed E-state index contributed by atoms with van der Waals surface area (Å²) in [5.74, 6) is -1.07. The van der Waals surface area contributed by atoms with Gasteiger partial charge in [-0.25, -0.2) is 4.79 Å². The highest BCUT2D eigenvalue weighted by atomic mass is 32.1. The molecule has 1 rings (SSSR count). The minimum atomic E-state index is -1.37. The second-order valence-corrected chi connectivity index (χ2v) is 4.14. The molecule has 0 radical (unpaired) electrons. The lowest BCUT2D eigenvalue weighted by atomic mass is 9.96. The van der Waals surface area contributed by atoms with Crippen LogP contribution < -0.4 is 5.73 Å². The second kappa shape index (κ2) is 3.78. The zero-order valence-electron chi connectivity index (χ0n) is 7.65. The van der Waals surface area contributed by atoms with Crippen LogP contribution in [0.4, 0.5) is 0 Å². The van der Waals surface area contributed by atoms with Crippen LogP contribution in [0.1, 0.15) is 17.4 Å². The minimum Gasteiger partial charge on any atom is -0.480 e. The summed E-state index contributed by atoms with van der Waals surface area (Å²) < 4.78 is 0. The van der Waals surface area contributed by atoms with Crippen molar-refractivity contribution in [2.24, 2.45) is 5.73 Å². The maximum atomic E-state index is 10.8. The second-order valence-electron chi connectivity index (χ2n) is 3.14. The van der Waals surface area contributed by atoms with Gasteiger partial charge in [-0.1, -0.05) is 0 Å². The molecule has 0 fully saturated rings. The lowest BCUT2D eigenvalue weighted by molar-refractivity contribution is -0.143. The Balaban J connectivity index is 2.98. The summed E-state index contributed by atoms with van der Waals surface area (Å²) in [6, 6.07) is 3.67. The fourth-order valence-corrected chi connectivity index (χ4v) is 1.88. The van der Waals surface area contributed by atoms with Gasteiger partial charge in [0.2, 0.25) is 0 Å². The van der Waals surface area contributed by atoms with Crippen LogP contribution in [0.5, 0.6) is 0 Å². The van der Waals surface area contributed by atoms with Gasteiger partial charge < -0.3 is 10.8 Å². The number of aliphatic carboxylic acids is 1. The van der Waals surface area contributed by atoms with Crippen molar-refractivity contribution in [3.63, 3.8) is 0 Å². The Morgan fingerprint density at radius 3 is 3.00 bits per heavy atom. The van der Waals surface area contributed by atoms with Gasteiger partial charge in [0.15, 0.2) is 0 Å². The third-order valence-electron chi connectivity index (χ3n) is 1.95. The lowest BCUT2D eigenvalue weighted by Crippen LogP contribution is -2.41. The van der Waals surface area contributed by atoms with E-state index in [-0.39, 0.29) is 0 Å². The highest BCUT2D eigenvalue weighted by Gasteiger charge is 2.31. The first-order valence-electron chi connectivity index (χ1n) is 3.95. The molecule has 0 aliphatic rings. The number of carbonyl (C=O) groups is 1. The van der Waals surface area contributed by atoms with Gasteiger partial charge in [0.25, 0.3) is 0 Å². The van der Waals surface area contributed by atoms with Crippen LogP contribution in [0.2, 0.25) is 0 Å². The molecule has 1 aromatic rings. The van der Waals surface area contributed by atoms with E-state index in [0.29, 0.717) is 12.0 Å². The Hall–Kier alpha value is -1.38.